The van der Waals surface area contributed by atoms with Crippen LogP contribution in [0.1, 0.15) is 194 Å². The summed E-state index contributed by atoms with van der Waals surface area (Å²) in [5.41, 5.74) is 24.4. The smallest absolute Gasteiger partial charge is 0.430 e. The van der Waals surface area contributed by atoms with E-state index in [4.69, 9.17) is 43.1 Å². The molecule has 0 spiro atoms. The molecule has 7 rings (SSSR count). The molecule has 0 saturated heterocycles. The maximum Gasteiger partial charge on any atom is 0.430 e. The summed E-state index contributed by atoms with van der Waals surface area (Å²) in [5.74, 6) is -1.63. The Balaban J connectivity index is 0.000000757. The number of carbonyl (C=O) groups excluding carboxylic acids is 8. The number of benzene rings is 3. The van der Waals surface area contributed by atoms with E-state index in [1.807, 2.05) is 0 Å². The third-order valence-electron chi connectivity index (χ3n) is 16.8. The molecule has 6 amide bonds. The quantitative estimate of drug-likeness (QED) is 0.00661. The number of methoxy groups -OCH3 is 1. The molecule has 4 heterocycles. The minimum absolute atomic E-state index is 0. The Morgan fingerprint density at radius 3 is 1.12 bits per heavy atom. The number of hydrazone groups is 6. The molecule has 600 valence electrons. The summed E-state index contributed by atoms with van der Waals surface area (Å²) < 4.78 is 41.7. The summed E-state index contributed by atoms with van der Waals surface area (Å²) >= 11 is 0. The summed E-state index contributed by atoms with van der Waals surface area (Å²) in [6, 6.07) is 32.3. The highest BCUT2D eigenvalue weighted by Gasteiger charge is 2.37. The predicted molar refractivity (Wildman–Crippen MR) is 427 cm³/mol. The first kappa shape index (κ1) is 93.3. The molecule has 1 unspecified atom stereocenters. The highest BCUT2D eigenvalue weighted by Crippen LogP contribution is 2.33. The molecule has 109 heavy (non-hydrogen) atoms. The molecule has 33 heteroatoms. The topological polar surface area (TPSA) is 381 Å². The van der Waals surface area contributed by atoms with Crippen LogP contribution in [0, 0.1) is 17.8 Å². The number of ketones is 1. The fourth-order valence-electron chi connectivity index (χ4n) is 11.5. The summed E-state index contributed by atoms with van der Waals surface area (Å²) in [6.07, 6.45) is 12.4. The first-order valence-corrected chi connectivity index (χ1v) is 37.6. The number of hydrogen-bond donors (Lipinski definition) is 1. The molecule has 0 fully saturated rings. The zero-order chi connectivity index (χ0) is 82.4. The van der Waals surface area contributed by atoms with E-state index in [0.29, 0.717) is 58.0 Å². The van der Waals surface area contributed by atoms with Crippen LogP contribution in [0.25, 0.3) is 20.9 Å². The van der Waals surface area contributed by atoms with Gasteiger partial charge in [-0.15, -0.1) is 0 Å². The minimum atomic E-state index is -0.782. The minimum Gasteiger partial charge on any atom is -0.469 e. The number of amides is 6. The van der Waals surface area contributed by atoms with Crippen LogP contribution in [0.5, 0.6) is 0 Å². The zero-order valence-corrected chi connectivity index (χ0v) is 66.1. The van der Waals surface area contributed by atoms with Gasteiger partial charge in [-0.25, -0.2) is 39.6 Å². The van der Waals surface area contributed by atoms with Crippen molar-refractivity contribution < 1.29 is 64.7 Å². The van der Waals surface area contributed by atoms with Crippen LogP contribution in [0.2, 0.25) is 0 Å². The maximum atomic E-state index is 12.7. The van der Waals surface area contributed by atoms with Crippen molar-refractivity contribution in [3.8, 4) is 0 Å². The molecule has 3 aromatic carbocycles. The lowest BCUT2D eigenvalue weighted by Crippen LogP contribution is -2.36. The number of carbonyl (C=O) groups is 8. The summed E-state index contributed by atoms with van der Waals surface area (Å²) in [5, 5.41) is 45.0. The number of nitrogens with two attached hydrogens (primary N) is 1. The highest BCUT2D eigenvalue weighted by molar-refractivity contribution is 7.79. The Morgan fingerprint density at radius 1 is 0.541 bits per heavy atom. The fourth-order valence-corrected chi connectivity index (χ4v) is 13.8. The number of unbranched alkanes of at least 4 members (excludes halogenated alkanes) is 9. The largest absolute Gasteiger partial charge is 0.469 e. The molecule has 2 N–H and O–H groups in total. The lowest BCUT2D eigenvalue weighted by atomic mass is 9.87. The number of halogens is 2. The van der Waals surface area contributed by atoms with E-state index < -0.39 is 43.2 Å². The van der Waals surface area contributed by atoms with Gasteiger partial charge in [0.25, 0.3) is 0 Å². The number of rotatable bonds is 35. The molecule has 0 saturated carbocycles. The van der Waals surface area contributed by atoms with Crippen molar-refractivity contribution in [1.29, 1.82) is 0 Å². The van der Waals surface area contributed by atoms with E-state index in [1.54, 1.807) is 69.7 Å². The standard InChI is InChI=1S/C27H47N7O7.C18H15P.C15H23N7O2.C15H25N5O2.CH4.F2.H2/c1-19(35)17-21(30-33(8)24(37)40-26(2,3)4)20(15-13-11-12-14-16-29-32-28)22(18-23(36)39-10)31-34(9)25(38)41-27(5,6)7;1-4-10-16(11-5-1)19(17-12-6-2-7-13-17)18-14-8-3-9-15-18;1-21-14(23)9-12(18-21)11(13-10-15(24)22(2)19-13)7-5-3-4-6-8-17-20-16;1-19-14(21)9-12(17-19)11(7-5-3-4-6-8-16)13-10-15(22)20(2)18-13;;1-2;/h20H,11-18H2,1-10H3;1-15H;11H,3-10H2,1-2H3;11H,3-10,16H2,1-2H3;1H4;;1H/b30-21+,31-22+;;;;;;/i;;;;;;1+1D. The number of hydrogen-bond acceptors (Lipinski definition) is 20. The van der Waals surface area contributed by atoms with Crippen LogP contribution in [-0.2, 0) is 43.0 Å². The Kier molecular flexibility index (Phi) is 43.4. The van der Waals surface area contributed by atoms with Crippen LogP contribution in [0.4, 0.5) is 18.7 Å². The SMILES string of the molecule is C.CN1N=C(C(CCCCCCN)C2=NN(C)C(=O)C2)CC1=O.CN1N=C(C(CCCCCCN=[N+]=[N-])C2=NN(C)C(=O)C2)CC1=O.COC(=O)C/C(=N\N(C)C(=O)OC(C)(C)C)C(CCCCCCN=[N+]=[N-])/C(CC(C)=O)=N/N(C)C(=O)OC(C)(C)C.FF.[2H][2H].c1ccc(P(c2ccccc2)c2ccccc2)cc1. The van der Waals surface area contributed by atoms with Gasteiger partial charge in [0.2, 0.25) is 23.6 Å². The summed E-state index contributed by atoms with van der Waals surface area (Å²) in [6.45, 7) is 13.3. The van der Waals surface area contributed by atoms with Gasteiger partial charge in [-0.1, -0.05) is 166 Å². The van der Waals surface area contributed by atoms with Crippen LogP contribution in [0.15, 0.2) is 132 Å². The van der Waals surface area contributed by atoms with Crippen molar-refractivity contribution in [2.45, 2.75) is 202 Å². The lowest BCUT2D eigenvalue weighted by Gasteiger charge is -2.26. The summed E-state index contributed by atoms with van der Waals surface area (Å²) in [4.78, 5) is 103. The molecule has 0 aliphatic carbocycles. The van der Waals surface area contributed by atoms with Gasteiger partial charge in [-0.2, -0.15) is 30.6 Å². The first-order valence-electron chi connectivity index (χ1n) is 37.2. The van der Waals surface area contributed by atoms with E-state index in [-0.39, 0.29) is 72.9 Å². The van der Waals surface area contributed by atoms with Crippen molar-refractivity contribution >= 4 is 106 Å². The van der Waals surface area contributed by atoms with Gasteiger partial charge < -0.3 is 19.9 Å². The van der Waals surface area contributed by atoms with Gasteiger partial charge >= 0.3 is 18.2 Å². The second-order valence-corrected chi connectivity index (χ2v) is 30.1. The Labute approximate surface area is 644 Å². The van der Waals surface area contributed by atoms with Crippen molar-refractivity contribution in [1.82, 2.24) is 30.1 Å². The molecular formula is C76H116F2N19O11P. The molecule has 4 aliphatic rings. The molecule has 4 aliphatic heterocycles. The highest BCUT2D eigenvalue weighted by atomic mass is 31.1. The molecular weight excluding hydrogens is 1420 g/mol. The second kappa shape index (κ2) is 50.7. The second-order valence-electron chi connectivity index (χ2n) is 27.9. The van der Waals surface area contributed by atoms with Crippen molar-refractivity contribution in [2.24, 2.45) is 64.3 Å². The summed E-state index contributed by atoms with van der Waals surface area (Å²) in [7, 11) is 10.2. The van der Waals surface area contributed by atoms with E-state index in [9.17, 15) is 38.4 Å². The van der Waals surface area contributed by atoms with Gasteiger partial charge in [0.15, 0.2) is 0 Å². The Hall–Kier alpha value is -9.89. The molecule has 30 nitrogen and oxygen atoms in total. The van der Waals surface area contributed by atoms with Gasteiger partial charge in [0.05, 0.1) is 73.5 Å². The third kappa shape index (κ3) is 35.8. The number of esters is 1. The van der Waals surface area contributed by atoms with Gasteiger partial charge in [0.1, 0.15) is 17.0 Å². The number of azide groups is 2. The van der Waals surface area contributed by atoms with E-state index in [0.717, 1.165) is 116 Å². The van der Waals surface area contributed by atoms with E-state index in [2.05, 4.69) is 142 Å². The van der Waals surface area contributed by atoms with Crippen molar-refractivity contribution in [3.63, 3.8) is 0 Å². The number of Topliss-reactive ketones (excluding diaryl/α,β-unsaturated/α-hetero) is 1. The fraction of sp³-hybridized carbons (Fsp3) is 0.579. The first-order chi connectivity index (χ1) is 52.4. The molecule has 0 bridgehead atoms. The van der Waals surface area contributed by atoms with Crippen LogP contribution < -0.4 is 21.6 Å². The average molecular weight is 1540 g/mol. The van der Waals surface area contributed by atoms with Gasteiger partial charge in [-0.3, -0.25) is 28.8 Å². The van der Waals surface area contributed by atoms with Crippen molar-refractivity contribution in [2.75, 3.05) is 69.0 Å². The van der Waals surface area contributed by atoms with Crippen molar-refractivity contribution in [3.05, 3.63) is 112 Å². The monoisotopic (exact) mass is 1540 g/mol. The molecule has 3 aromatic rings. The van der Waals surface area contributed by atoms with Crippen LogP contribution >= 0.6 is 7.92 Å². The third-order valence-corrected chi connectivity index (χ3v) is 19.2. The normalized spacial score (nSPS) is 14.5. The lowest BCUT2D eigenvalue weighted by molar-refractivity contribution is -0.139. The molecule has 0 radical (unpaired) electrons. The number of ether oxygens (including phenoxy) is 3. The average Bonchev–Trinajstić information content (AvgIpc) is 1.78. The molecule has 1 atom stereocenters. The van der Waals surface area contributed by atoms with Gasteiger partial charge in [-0.05, 0) is 128 Å². The Morgan fingerprint density at radius 2 is 0.844 bits per heavy atom. The van der Waals surface area contributed by atoms with Crippen LogP contribution in [-0.4, -0.2) is 192 Å². The predicted octanol–water partition coefficient (Wildman–Crippen LogP) is 14.3. The Bertz CT molecular complexity index is 3540. The maximum absolute atomic E-state index is 12.7. The van der Waals surface area contributed by atoms with E-state index in [1.165, 1.54) is 64.1 Å². The number of nitrogens with zero attached hydrogens (tertiary/aromatic N) is 18. The van der Waals surface area contributed by atoms with E-state index >= 15 is 0 Å². The van der Waals surface area contributed by atoms with Gasteiger partial charge in [0, 0.05) is 101 Å². The molecule has 0 aromatic heterocycles. The van der Waals surface area contributed by atoms with Crippen LogP contribution in [0.3, 0.4) is 0 Å². The zero-order valence-electron chi connectivity index (χ0n) is 67.2.